The van der Waals surface area contributed by atoms with E-state index in [-0.39, 0.29) is 38.1 Å². The Kier molecular flexibility index (Phi) is 6.88. The lowest BCUT2D eigenvalue weighted by Gasteiger charge is -2.20. The van der Waals surface area contributed by atoms with Crippen molar-refractivity contribution >= 4 is 17.9 Å². The quantitative estimate of drug-likeness (QED) is 0.687. The van der Waals surface area contributed by atoms with E-state index in [1.165, 1.54) is 17.0 Å². The average molecular weight is 351 g/mol. The Balaban J connectivity index is 1.91. The number of hydrogen-bond donors (Lipinski definition) is 2. The molecule has 0 radical (unpaired) electrons. The Morgan fingerprint density at radius 3 is 2.48 bits per heavy atom. The highest BCUT2D eigenvalue weighted by atomic mass is 19.1. The molecule has 1 fully saturated rings. The number of benzene rings is 1. The summed E-state index contributed by atoms with van der Waals surface area (Å²) in [7, 11) is 0. The SMILES string of the molecule is CCOC(=O)CN(CC(=O)NC(=O)NC1CC1)Cc1ccc(F)cc1. The molecule has 25 heavy (non-hydrogen) atoms. The molecular formula is C17H22FN3O4. The van der Waals surface area contributed by atoms with Crippen molar-refractivity contribution in [2.24, 2.45) is 0 Å². The number of ether oxygens (including phenoxy) is 1. The number of nitrogens with one attached hydrogen (secondary N) is 2. The van der Waals surface area contributed by atoms with Crippen LogP contribution in [0.1, 0.15) is 25.3 Å². The molecule has 0 heterocycles. The Labute approximate surface area is 145 Å². The average Bonchev–Trinajstić information content (AvgIpc) is 3.33. The third-order valence-electron chi connectivity index (χ3n) is 3.51. The first-order valence-corrected chi connectivity index (χ1v) is 8.19. The Bertz CT molecular complexity index is 617. The van der Waals surface area contributed by atoms with Gasteiger partial charge in [-0.15, -0.1) is 0 Å². The molecule has 0 unspecified atom stereocenters. The van der Waals surface area contributed by atoms with Crippen LogP contribution in [0.3, 0.4) is 0 Å². The summed E-state index contributed by atoms with van der Waals surface area (Å²) < 4.78 is 17.9. The lowest BCUT2D eigenvalue weighted by Crippen LogP contribution is -2.46. The Morgan fingerprint density at radius 2 is 1.88 bits per heavy atom. The third-order valence-corrected chi connectivity index (χ3v) is 3.51. The van der Waals surface area contributed by atoms with E-state index < -0.39 is 17.9 Å². The molecule has 0 spiro atoms. The van der Waals surface area contributed by atoms with Gasteiger partial charge in [-0.05, 0) is 37.5 Å². The zero-order valence-corrected chi connectivity index (χ0v) is 14.1. The van der Waals surface area contributed by atoms with Crippen molar-refractivity contribution in [3.05, 3.63) is 35.6 Å². The molecule has 0 saturated heterocycles. The van der Waals surface area contributed by atoms with Gasteiger partial charge in [-0.2, -0.15) is 0 Å². The summed E-state index contributed by atoms with van der Waals surface area (Å²) in [5.74, 6) is -1.36. The second-order valence-electron chi connectivity index (χ2n) is 5.87. The molecule has 2 N–H and O–H groups in total. The number of rotatable bonds is 8. The molecule has 1 aromatic rings. The number of carbonyl (C=O) groups excluding carboxylic acids is 3. The lowest BCUT2D eigenvalue weighted by molar-refractivity contribution is -0.144. The summed E-state index contributed by atoms with van der Waals surface area (Å²) in [5, 5.41) is 4.89. The number of halogens is 1. The van der Waals surface area contributed by atoms with Gasteiger partial charge in [0.25, 0.3) is 0 Å². The highest BCUT2D eigenvalue weighted by Gasteiger charge is 2.24. The minimum atomic E-state index is -0.537. The fourth-order valence-electron chi connectivity index (χ4n) is 2.22. The van der Waals surface area contributed by atoms with E-state index in [9.17, 15) is 18.8 Å². The first-order valence-electron chi connectivity index (χ1n) is 8.19. The second-order valence-corrected chi connectivity index (χ2v) is 5.87. The van der Waals surface area contributed by atoms with Crippen molar-refractivity contribution in [3.63, 3.8) is 0 Å². The molecule has 7 nitrogen and oxygen atoms in total. The van der Waals surface area contributed by atoms with E-state index in [0.717, 1.165) is 18.4 Å². The maximum atomic E-state index is 13.0. The first-order chi connectivity index (χ1) is 12.0. The summed E-state index contributed by atoms with van der Waals surface area (Å²) >= 11 is 0. The fourth-order valence-corrected chi connectivity index (χ4v) is 2.22. The molecule has 136 valence electrons. The molecule has 0 atom stereocenters. The number of hydrogen-bond acceptors (Lipinski definition) is 5. The largest absolute Gasteiger partial charge is 0.465 e. The van der Waals surface area contributed by atoms with Gasteiger partial charge >= 0.3 is 12.0 Å². The number of carbonyl (C=O) groups is 3. The van der Waals surface area contributed by atoms with E-state index in [4.69, 9.17) is 4.74 Å². The molecular weight excluding hydrogens is 329 g/mol. The van der Waals surface area contributed by atoms with Crippen LogP contribution in [0.4, 0.5) is 9.18 Å². The topological polar surface area (TPSA) is 87.7 Å². The van der Waals surface area contributed by atoms with Crippen molar-refractivity contribution in [2.45, 2.75) is 32.4 Å². The van der Waals surface area contributed by atoms with Gasteiger partial charge in [0.2, 0.25) is 5.91 Å². The van der Waals surface area contributed by atoms with Gasteiger partial charge in [-0.25, -0.2) is 9.18 Å². The molecule has 0 aliphatic heterocycles. The molecule has 1 saturated carbocycles. The predicted molar refractivity (Wildman–Crippen MR) is 88.0 cm³/mol. The van der Waals surface area contributed by atoms with E-state index in [0.29, 0.717) is 0 Å². The van der Waals surface area contributed by atoms with Crippen LogP contribution >= 0.6 is 0 Å². The molecule has 8 heteroatoms. The molecule has 1 aliphatic carbocycles. The van der Waals surface area contributed by atoms with Gasteiger partial charge in [-0.3, -0.25) is 19.8 Å². The van der Waals surface area contributed by atoms with Crippen molar-refractivity contribution in [1.29, 1.82) is 0 Å². The van der Waals surface area contributed by atoms with E-state index in [1.807, 2.05) is 0 Å². The summed E-state index contributed by atoms with van der Waals surface area (Å²) in [6, 6.07) is 5.37. The zero-order valence-electron chi connectivity index (χ0n) is 14.1. The maximum Gasteiger partial charge on any atom is 0.321 e. The van der Waals surface area contributed by atoms with Crippen LogP contribution in [0.5, 0.6) is 0 Å². The second kappa shape index (κ2) is 9.12. The van der Waals surface area contributed by atoms with Crippen LogP contribution in [-0.2, 0) is 20.9 Å². The van der Waals surface area contributed by atoms with E-state index in [2.05, 4.69) is 10.6 Å². The number of urea groups is 1. The molecule has 1 aliphatic rings. The zero-order chi connectivity index (χ0) is 18.2. The van der Waals surface area contributed by atoms with E-state index >= 15 is 0 Å². The standard InChI is InChI=1S/C17H22FN3O4/c1-2-25-16(23)11-21(9-12-3-5-13(18)6-4-12)10-15(22)20-17(24)19-14-7-8-14/h3-6,14H,2,7-11H2,1H3,(H2,19,20,22,24). The van der Waals surface area contributed by atoms with Gasteiger partial charge in [0.15, 0.2) is 0 Å². The lowest BCUT2D eigenvalue weighted by atomic mass is 10.2. The summed E-state index contributed by atoms with van der Waals surface area (Å²) in [6.07, 6.45) is 1.84. The number of nitrogens with zero attached hydrogens (tertiary/aromatic N) is 1. The van der Waals surface area contributed by atoms with Crippen LogP contribution in [0.25, 0.3) is 0 Å². The summed E-state index contributed by atoms with van der Waals surface area (Å²) in [4.78, 5) is 36.9. The Hall–Kier alpha value is -2.48. The highest BCUT2D eigenvalue weighted by Crippen LogP contribution is 2.18. The van der Waals surface area contributed by atoms with E-state index in [1.54, 1.807) is 19.1 Å². The minimum Gasteiger partial charge on any atom is -0.465 e. The molecule has 1 aromatic carbocycles. The molecule has 0 bridgehead atoms. The van der Waals surface area contributed by atoms with Gasteiger partial charge in [0.05, 0.1) is 19.7 Å². The van der Waals surface area contributed by atoms with Crippen molar-refractivity contribution < 1.29 is 23.5 Å². The number of imide groups is 1. The van der Waals surface area contributed by atoms with Gasteiger partial charge < -0.3 is 10.1 Å². The smallest absolute Gasteiger partial charge is 0.321 e. The Morgan fingerprint density at radius 1 is 1.20 bits per heavy atom. The van der Waals surface area contributed by atoms with Crippen LogP contribution in [0.2, 0.25) is 0 Å². The fraction of sp³-hybridized carbons (Fsp3) is 0.471. The van der Waals surface area contributed by atoms with Crippen LogP contribution in [0.15, 0.2) is 24.3 Å². The van der Waals surface area contributed by atoms with Gasteiger partial charge in [0.1, 0.15) is 5.82 Å². The van der Waals surface area contributed by atoms with Crippen molar-refractivity contribution in [2.75, 3.05) is 19.7 Å². The monoisotopic (exact) mass is 351 g/mol. The number of amides is 3. The molecule has 2 rings (SSSR count). The molecule has 0 aromatic heterocycles. The normalized spacial score (nSPS) is 13.4. The maximum absolute atomic E-state index is 13.0. The predicted octanol–water partition coefficient (Wildman–Crippen LogP) is 1.18. The first kappa shape index (κ1) is 18.9. The third kappa shape index (κ3) is 7.30. The highest BCUT2D eigenvalue weighted by molar-refractivity contribution is 5.95. The summed E-state index contributed by atoms with van der Waals surface area (Å²) in [6.45, 7) is 1.91. The summed E-state index contributed by atoms with van der Waals surface area (Å²) in [5.41, 5.74) is 0.737. The van der Waals surface area contributed by atoms with Crippen LogP contribution in [0, 0.1) is 5.82 Å². The van der Waals surface area contributed by atoms with Crippen LogP contribution in [-0.4, -0.2) is 48.5 Å². The van der Waals surface area contributed by atoms with Gasteiger partial charge in [-0.1, -0.05) is 12.1 Å². The number of esters is 1. The van der Waals surface area contributed by atoms with Crippen molar-refractivity contribution in [3.8, 4) is 0 Å². The van der Waals surface area contributed by atoms with Crippen molar-refractivity contribution in [1.82, 2.24) is 15.5 Å². The molecule has 3 amide bonds. The van der Waals surface area contributed by atoms with Crippen LogP contribution < -0.4 is 10.6 Å². The van der Waals surface area contributed by atoms with Gasteiger partial charge in [0, 0.05) is 12.6 Å². The minimum absolute atomic E-state index is 0.108.